The maximum absolute atomic E-state index is 2.34. The summed E-state index contributed by atoms with van der Waals surface area (Å²) in [4.78, 5) is 0. The molecule has 0 fully saturated rings. The van der Waals surface area contributed by atoms with E-state index in [0.29, 0.717) is 0 Å². The van der Waals surface area contributed by atoms with Crippen molar-refractivity contribution in [2.45, 2.75) is 6.92 Å². The van der Waals surface area contributed by atoms with Gasteiger partial charge in [0.05, 0.1) is 0 Å². The number of benzene rings is 9. The van der Waals surface area contributed by atoms with Gasteiger partial charge >= 0.3 is 0 Å². The lowest BCUT2D eigenvalue weighted by Crippen LogP contribution is -1.93. The van der Waals surface area contributed by atoms with Crippen molar-refractivity contribution >= 4 is 32.3 Å². The molecule has 0 unspecified atom stereocenters. The average molecular weight is 623 g/mol. The van der Waals surface area contributed by atoms with Gasteiger partial charge in [0, 0.05) is 0 Å². The monoisotopic (exact) mass is 622 g/mol. The van der Waals surface area contributed by atoms with Gasteiger partial charge in [0.15, 0.2) is 0 Å². The van der Waals surface area contributed by atoms with Crippen molar-refractivity contribution < 1.29 is 0 Å². The van der Waals surface area contributed by atoms with E-state index in [2.05, 4.69) is 195 Å². The normalized spacial score (nSPS) is 11.4. The van der Waals surface area contributed by atoms with Crippen LogP contribution in [-0.4, -0.2) is 0 Å². The third-order valence-electron chi connectivity index (χ3n) is 10.0. The molecule has 0 amide bonds. The highest BCUT2D eigenvalue weighted by Crippen LogP contribution is 2.46. The molecule has 9 aromatic rings. The summed E-state index contributed by atoms with van der Waals surface area (Å²) in [5, 5.41) is 7.63. The summed E-state index contributed by atoms with van der Waals surface area (Å²) in [5.74, 6) is 0. The maximum Gasteiger partial charge on any atom is -0.00201 e. The van der Waals surface area contributed by atoms with Gasteiger partial charge in [0.2, 0.25) is 0 Å². The van der Waals surface area contributed by atoms with E-state index < -0.39 is 0 Å². The Balaban J connectivity index is 1.17. The highest BCUT2D eigenvalue weighted by atomic mass is 14.2. The van der Waals surface area contributed by atoms with E-state index in [9.17, 15) is 0 Å². The van der Waals surface area contributed by atoms with E-state index in [4.69, 9.17) is 0 Å². The van der Waals surface area contributed by atoms with Gasteiger partial charge in [0.1, 0.15) is 0 Å². The van der Waals surface area contributed by atoms with Crippen molar-refractivity contribution in [1.29, 1.82) is 0 Å². The van der Waals surface area contributed by atoms with Crippen molar-refractivity contribution in [2.75, 3.05) is 0 Å². The second kappa shape index (κ2) is 12.1. The highest BCUT2D eigenvalue weighted by molar-refractivity contribution is 6.22. The van der Waals surface area contributed by atoms with Gasteiger partial charge in [-0.1, -0.05) is 176 Å². The zero-order valence-electron chi connectivity index (χ0n) is 27.4. The van der Waals surface area contributed by atoms with Gasteiger partial charge in [-0.3, -0.25) is 0 Å². The van der Waals surface area contributed by atoms with E-state index in [1.54, 1.807) is 0 Å². The third-order valence-corrected chi connectivity index (χ3v) is 10.0. The molecular formula is C49H34. The number of aryl methyl sites for hydroxylation is 1. The first-order valence-electron chi connectivity index (χ1n) is 17.0. The van der Waals surface area contributed by atoms with Gasteiger partial charge in [-0.25, -0.2) is 0 Å². The Labute approximate surface area is 287 Å². The summed E-state index contributed by atoms with van der Waals surface area (Å²) >= 11 is 0. The summed E-state index contributed by atoms with van der Waals surface area (Å²) in [5.41, 5.74) is 13.7. The van der Waals surface area contributed by atoms with Crippen LogP contribution in [0.3, 0.4) is 0 Å². The Bertz CT molecular complexity index is 2600. The van der Waals surface area contributed by atoms with Crippen molar-refractivity contribution in [2.24, 2.45) is 0 Å². The van der Waals surface area contributed by atoms with E-state index in [-0.39, 0.29) is 0 Å². The Morgan fingerprint density at radius 3 is 1.35 bits per heavy atom. The molecule has 0 bridgehead atoms. The van der Waals surface area contributed by atoms with Crippen LogP contribution in [0, 0.1) is 6.92 Å². The lowest BCUT2D eigenvalue weighted by atomic mass is 9.83. The van der Waals surface area contributed by atoms with Crippen LogP contribution in [-0.2, 0) is 0 Å². The van der Waals surface area contributed by atoms with Gasteiger partial charge in [-0.15, -0.1) is 0 Å². The first-order chi connectivity index (χ1) is 24.2. The molecule has 9 rings (SSSR count). The predicted molar refractivity (Wildman–Crippen MR) is 211 cm³/mol. The van der Waals surface area contributed by atoms with Crippen molar-refractivity contribution in [3.63, 3.8) is 0 Å². The van der Waals surface area contributed by atoms with Crippen LogP contribution in [0.4, 0.5) is 0 Å². The largest absolute Gasteiger partial charge is 0.0620 e. The molecular weight excluding hydrogens is 589 g/mol. The zero-order valence-corrected chi connectivity index (χ0v) is 27.4. The molecule has 0 spiro atoms. The number of rotatable bonds is 5. The molecule has 0 aromatic heterocycles. The van der Waals surface area contributed by atoms with Crippen LogP contribution in [0.1, 0.15) is 5.56 Å². The lowest BCUT2D eigenvalue weighted by Gasteiger charge is -2.20. The van der Waals surface area contributed by atoms with Crippen LogP contribution in [0.15, 0.2) is 188 Å². The number of fused-ring (bicyclic) bond motifs is 3. The van der Waals surface area contributed by atoms with E-state index >= 15 is 0 Å². The third kappa shape index (κ3) is 5.10. The molecule has 0 radical (unpaired) electrons. The molecule has 0 heteroatoms. The standard InChI is InChI=1S/C49H34/c1-33-13-2-5-18-41(33)48-44-21-8-10-23-46(44)49(47-24-11-9-22-45(47)48)43-20-7-6-19-42(43)40-17-12-16-38(32-40)35-25-27-36(28-26-35)39-30-29-34-14-3-4-15-37(34)31-39/h2-32H,1H3. The lowest BCUT2D eigenvalue weighted by molar-refractivity contribution is 1.47. The first kappa shape index (κ1) is 28.9. The van der Waals surface area contributed by atoms with Gasteiger partial charge < -0.3 is 0 Å². The second-order valence-corrected chi connectivity index (χ2v) is 12.9. The summed E-state index contributed by atoms with van der Waals surface area (Å²) in [7, 11) is 0. The molecule has 0 N–H and O–H groups in total. The zero-order chi connectivity index (χ0) is 32.7. The van der Waals surface area contributed by atoms with Crippen LogP contribution < -0.4 is 0 Å². The van der Waals surface area contributed by atoms with Gasteiger partial charge in [0.25, 0.3) is 0 Å². The molecule has 9 aromatic carbocycles. The molecule has 230 valence electrons. The van der Waals surface area contributed by atoms with Crippen LogP contribution in [0.5, 0.6) is 0 Å². The first-order valence-corrected chi connectivity index (χ1v) is 17.0. The smallest absolute Gasteiger partial charge is 0.00201 e. The quantitative estimate of drug-likeness (QED) is 0.168. The van der Waals surface area contributed by atoms with Crippen molar-refractivity contribution in [3.8, 4) is 55.6 Å². The highest BCUT2D eigenvalue weighted by Gasteiger charge is 2.19. The Morgan fingerprint density at radius 1 is 0.265 bits per heavy atom. The maximum atomic E-state index is 2.34. The second-order valence-electron chi connectivity index (χ2n) is 12.9. The fourth-order valence-electron chi connectivity index (χ4n) is 7.61. The van der Waals surface area contributed by atoms with Crippen LogP contribution in [0.2, 0.25) is 0 Å². The molecule has 49 heavy (non-hydrogen) atoms. The Hall–Kier alpha value is -6.24. The van der Waals surface area contributed by atoms with Crippen molar-refractivity contribution in [1.82, 2.24) is 0 Å². The fourth-order valence-corrected chi connectivity index (χ4v) is 7.61. The molecule has 0 saturated heterocycles. The molecule has 0 nitrogen and oxygen atoms in total. The van der Waals surface area contributed by atoms with Gasteiger partial charge in [-0.2, -0.15) is 0 Å². The predicted octanol–water partition coefficient (Wildman–Crippen LogP) is 13.8. The molecule has 0 saturated carbocycles. The fraction of sp³-hybridized carbons (Fsp3) is 0.0204. The topological polar surface area (TPSA) is 0 Å². The molecule has 0 heterocycles. The van der Waals surface area contributed by atoms with Crippen molar-refractivity contribution in [3.05, 3.63) is 194 Å². The minimum Gasteiger partial charge on any atom is -0.0620 e. The van der Waals surface area contributed by atoms with Crippen LogP contribution >= 0.6 is 0 Å². The molecule has 0 aliphatic heterocycles. The minimum absolute atomic E-state index is 1.21. The molecule has 0 aliphatic rings. The van der Waals surface area contributed by atoms with E-state index in [1.807, 2.05) is 0 Å². The Kier molecular flexibility index (Phi) is 7.14. The summed E-state index contributed by atoms with van der Waals surface area (Å²) < 4.78 is 0. The van der Waals surface area contributed by atoms with E-state index in [0.717, 1.165) is 0 Å². The van der Waals surface area contributed by atoms with E-state index in [1.165, 1.54) is 93.5 Å². The summed E-state index contributed by atoms with van der Waals surface area (Å²) in [6.07, 6.45) is 0. The summed E-state index contributed by atoms with van der Waals surface area (Å²) in [6, 6.07) is 68.8. The Morgan fingerprint density at radius 2 is 0.714 bits per heavy atom. The number of hydrogen-bond acceptors (Lipinski definition) is 0. The SMILES string of the molecule is Cc1ccccc1-c1c2ccccc2c(-c2ccccc2-c2cccc(-c3ccc(-c4ccc5ccccc5c4)cc3)c2)c2ccccc12. The van der Waals surface area contributed by atoms with Crippen LogP contribution in [0.25, 0.3) is 88.0 Å². The minimum atomic E-state index is 1.21. The summed E-state index contributed by atoms with van der Waals surface area (Å²) in [6.45, 7) is 2.21. The molecule has 0 atom stereocenters. The van der Waals surface area contributed by atoms with Gasteiger partial charge in [-0.05, 0) is 113 Å². The average Bonchev–Trinajstić information content (AvgIpc) is 3.17. The molecule has 0 aliphatic carbocycles. The number of hydrogen-bond donors (Lipinski definition) is 0.